The average Bonchev–Trinajstić information content (AvgIpc) is 2.43. The first-order valence-corrected chi connectivity index (χ1v) is 8.63. The number of hydrogen-bond donors (Lipinski definition) is 1. The van der Waals surface area contributed by atoms with Crippen LogP contribution in [0.2, 0.25) is 0 Å². The summed E-state index contributed by atoms with van der Waals surface area (Å²) in [6, 6.07) is 0.648. The Kier molecular flexibility index (Phi) is 8.72. The van der Waals surface area contributed by atoms with Crippen molar-refractivity contribution in [3.8, 4) is 0 Å². The summed E-state index contributed by atoms with van der Waals surface area (Å²) in [6.45, 7) is 10.4. The van der Waals surface area contributed by atoms with Crippen molar-refractivity contribution >= 4 is 0 Å². The van der Waals surface area contributed by atoms with Gasteiger partial charge < -0.3 is 5.73 Å². The summed E-state index contributed by atoms with van der Waals surface area (Å²) in [4.78, 5) is 2.67. The second-order valence-electron chi connectivity index (χ2n) is 6.71. The minimum absolute atomic E-state index is 0.648. The van der Waals surface area contributed by atoms with Crippen molar-refractivity contribution in [3.05, 3.63) is 0 Å². The van der Waals surface area contributed by atoms with E-state index < -0.39 is 0 Å². The van der Waals surface area contributed by atoms with Crippen molar-refractivity contribution in [3.63, 3.8) is 0 Å². The summed E-state index contributed by atoms with van der Waals surface area (Å²) >= 11 is 0. The van der Waals surface area contributed by atoms with Crippen LogP contribution < -0.4 is 5.73 Å². The van der Waals surface area contributed by atoms with Gasteiger partial charge >= 0.3 is 0 Å². The fourth-order valence-electron chi connectivity index (χ4n) is 3.38. The molecule has 0 radical (unpaired) electrons. The molecule has 2 heteroatoms. The largest absolute Gasteiger partial charge is 0.329 e. The Balaban J connectivity index is 2.20. The van der Waals surface area contributed by atoms with Gasteiger partial charge in [-0.05, 0) is 44.2 Å². The lowest BCUT2D eigenvalue weighted by atomic mass is 9.86. The lowest BCUT2D eigenvalue weighted by Gasteiger charge is -2.38. The van der Waals surface area contributed by atoms with E-state index in [4.69, 9.17) is 5.73 Å². The van der Waals surface area contributed by atoms with Gasteiger partial charge in [0.2, 0.25) is 0 Å². The summed E-state index contributed by atoms with van der Waals surface area (Å²) < 4.78 is 0. The van der Waals surface area contributed by atoms with Crippen LogP contribution in [-0.4, -0.2) is 30.6 Å². The zero-order valence-corrected chi connectivity index (χ0v) is 13.5. The third kappa shape index (κ3) is 6.27. The first-order chi connectivity index (χ1) is 9.19. The molecule has 19 heavy (non-hydrogen) atoms. The second-order valence-corrected chi connectivity index (χ2v) is 6.71. The molecule has 1 heterocycles. The SMILES string of the molecule is CCCCCCCC(CN)N1CCC(C(C)C)CC1. The molecular formula is C17H36N2. The minimum Gasteiger partial charge on any atom is -0.329 e. The fourth-order valence-corrected chi connectivity index (χ4v) is 3.38. The number of rotatable bonds is 9. The van der Waals surface area contributed by atoms with E-state index in [-0.39, 0.29) is 0 Å². The minimum atomic E-state index is 0.648. The Bertz CT molecular complexity index is 207. The monoisotopic (exact) mass is 268 g/mol. The van der Waals surface area contributed by atoms with E-state index in [0.29, 0.717) is 6.04 Å². The fraction of sp³-hybridized carbons (Fsp3) is 1.00. The molecule has 0 aliphatic carbocycles. The van der Waals surface area contributed by atoms with Crippen LogP contribution in [0.25, 0.3) is 0 Å². The van der Waals surface area contributed by atoms with Gasteiger partial charge in [0.1, 0.15) is 0 Å². The van der Waals surface area contributed by atoms with Gasteiger partial charge in [-0.3, -0.25) is 4.90 Å². The van der Waals surface area contributed by atoms with E-state index >= 15 is 0 Å². The summed E-state index contributed by atoms with van der Waals surface area (Å²) in [5.41, 5.74) is 6.00. The molecule has 2 nitrogen and oxygen atoms in total. The van der Waals surface area contributed by atoms with Crippen LogP contribution in [0.3, 0.4) is 0 Å². The molecule has 0 aromatic heterocycles. The molecule has 1 saturated heterocycles. The first kappa shape index (κ1) is 17.0. The molecule has 1 aliphatic heterocycles. The number of piperidine rings is 1. The molecule has 1 aliphatic rings. The Morgan fingerprint density at radius 2 is 1.68 bits per heavy atom. The molecule has 1 atom stereocenters. The number of hydrogen-bond acceptors (Lipinski definition) is 2. The number of likely N-dealkylation sites (tertiary alicyclic amines) is 1. The standard InChI is InChI=1S/C17H36N2/c1-4-5-6-7-8-9-17(14-18)19-12-10-16(11-13-19)15(2)3/h15-17H,4-14,18H2,1-3H3. The molecule has 1 unspecified atom stereocenters. The number of nitrogens with zero attached hydrogens (tertiary/aromatic N) is 1. The number of nitrogens with two attached hydrogens (primary N) is 1. The van der Waals surface area contributed by atoms with E-state index in [2.05, 4.69) is 25.7 Å². The van der Waals surface area contributed by atoms with Gasteiger partial charge in [-0.15, -0.1) is 0 Å². The highest BCUT2D eigenvalue weighted by molar-refractivity contribution is 4.80. The highest BCUT2D eigenvalue weighted by atomic mass is 15.2. The molecule has 2 N–H and O–H groups in total. The first-order valence-electron chi connectivity index (χ1n) is 8.63. The third-order valence-electron chi connectivity index (χ3n) is 4.95. The predicted molar refractivity (Wildman–Crippen MR) is 85.4 cm³/mol. The van der Waals surface area contributed by atoms with Crippen molar-refractivity contribution in [2.24, 2.45) is 17.6 Å². The molecule has 1 fully saturated rings. The molecule has 0 amide bonds. The predicted octanol–water partition coefficient (Wildman–Crippen LogP) is 4.04. The van der Waals surface area contributed by atoms with Gasteiger partial charge in [-0.2, -0.15) is 0 Å². The van der Waals surface area contributed by atoms with E-state index in [1.54, 1.807) is 0 Å². The van der Waals surface area contributed by atoms with Gasteiger partial charge in [0.05, 0.1) is 0 Å². The van der Waals surface area contributed by atoms with E-state index in [0.717, 1.165) is 18.4 Å². The van der Waals surface area contributed by atoms with Crippen molar-refractivity contribution in [2.75, 3.05) is 19.6 Å². The Labute approximate surface area is 121 Å². The lowest BCUT2D eigenvalue weighted by Crippen LogP contribution is -2.45. The third-order valence-corrected chi connectivity index (χ3v) is 4.95. The quantitative estimate of drug-likeness (QED) is 0.639. The Morgan fingerprint density at radius 3 is 2.21 bits per heavy atom. The molecule has 0 spiro atoms. The van der Waals surface area contributed by atoms with Gasteiger partial charge in [0, 0.05) is 12.6 Å². The zero-order chi connectivity index (χ0) is 14.1. The zero-order valence-electron chi connectivity index (χ0n) is 13.5. The van der Waals surface area contributed by atoms with Crippen LogP contribution in [0.4, 0.5) is 0 Å². The second kappa shape index (κ2) is 9.77. The summed E-state index contributed by atoms with van der Waals surface area (Å²) in [5.74, 6) is 1.80. The van der Waals surface area contributed by atoms with Crippen molar-refractivity contribution in [1.82, 2.24) is 4.90 Å². The normalized spacial score (nSPS) is 20.1. The molecule has 114 valence electrons. The van der Waals surface area contributed by atoms with E-state index in [1.165, 1.54) is 64.5 Å². The van der Waals surface area contributed by atoms with Crippen molar-refractivity contribution < 1.29 is 0 Å². The molecule has 0 aromatic carbocycles. The maximum Gasteiger partial charge on any atom is 0.0218 e. The molecule has 1 rings (SSSR count). The highest BCUT2D eigenvalue weighted by Crippen LogP contribution is 2.26. The Hall–Kier alpha value is -0.0800. The van der Waals surface area contributed by atoms with Crippen LogP contribution in [0.1, 0.15) is 72.1 Å². The van der Waals surface area contributed by atoms with Crippen molar-refractivity contribution in [2.45, 2.75) is 78.2 Å². The van der Waals surface area contributed by atoms with E-state index in [1.807, 2.05) is 0 Å². The van der Waals surface area contributed by atoms with Crippen LogP contribution in [0.5, 0.6) is 0 Å². The van der Waals surface area contributed by atoms with Gasteiger partial charge in [0.15, 0.2) is 0 Å². The van der Waals surface area contributed by atoms with Gasteiger partial charge in [-0.25, -0.2) is 0 Å². The maximum atomic E-state index is 6.00. The summed E-state index contributed by atoms with van der Waals surface area (Å²) in [6.07, 6.45) is 11.0. The van der Waals surface area contributed by atoms with Crippen LogP contribution in [0, 0.1) is 11.8 Å². The molecule has 0 aromatic rings. The molecule has 0 bridgehead atoms. The van der Waals surface area contributed by atoms with Crippen molar-refractivity contribution in [1.29, 1.82) is 0 Å². The molecule has 0 saturated carbocycles. The van der Waals surface area contributed by atoms with Crippen LogP contribution in [-0.2, 0) is 0 Å². The van der Waals surface area contributed by atoms with Crippen LogP contribution >= 0.6 is 0 Å². The summed E-state index contributed by atoms with van der Waals surface area (Å²) in [5, 5.41) is 0. The van der Waals surface area contributed by atoms with Crippen LogP contribution in [0.15, 0.2) is 0 Å². The summed E-state index contributed by atoms with van der Waals surface area (Å²) in [7, 11) is 0. The lowest BCUT2D eigenvalue weighted by molar-refractivity contribution is 0.111. The average molecular weight is 268 g/mol. The molecular weight excluding hydrogens is 232 g/mol. The topological polar surface area (TPSA) is 29.3 Å². The number of unbranched alkanes of at least 4 members (excludes halogenated alkanes) is 4. The Morgan fingerprint density at radius 1 is 1.05 bits per heavy atom. The van der Waals surface area contributed by atoms with Gasteiger partial charge in [-0.1, -0.05) is 52.9 Å². The maximum absolute atomic E-state index is 6.00. The highest BCUT2D eigenvalue weighted by Gasteiger charge is 2.25. The van der Waals surface area contributed by atoms with E-state index in [9.17, 15) is 0 Å². The smallest absolute Gasteiger partial charge is 0.0218 e. The van der Waals surface area contributed by atoms with Gasteiger partial charge in [0.25, 0.3) is 0 Å².